The van der Waals surface area contributed by atoms with Gasteiger partial charge in [-0.05, 0) is 19.3 Å². The van der Waals surface area contributed by atoms with Crippen LogP contribution in [-0.2, 0) is 4.79 Å². The number of ketones is 1. The maximum atomic E-state index is 11.1. The van der Waals surface area contributed by atoms with Crippen molar-refractivity contribution in [1.29, 1.82) is 0 Å². The largest absolute Gasteiger partial charge is 0.300 e. The third-order valence-electron chi connectivity index (χ3n) is 1.46. The van der Waals surface area contributed by atoms with Crippen molar-refractivity contribution in [3.8, 4) is 0 Å². The molecule has 0 amide bonds. The highest BCUT2D eigenvalue weighted by Gasteiger charge is 2.02. The third kappa shape index (κ3) is 7.31. The molecule has 0 saturated carbocycles. The van der Waals surface area contributed by atoms with Gasteiger partial charge in [-0.3, -0.25) is 4.79 Å². The molecule has 0 unspecified atom stereocenters. The number of hydrogen-bond acceptors (Lipinski definition) is 1. The second-order valence-corrected chi connectivity index (χ2v) is 3.24. The van der Waals surface area contributed by atoms with E-state index in [9.17, 15) is 4.79 Å². The minimum atomic E-state index is 0.387. The third-order valence-corrected chi connectivity index (χ3v) is 1.46. The van der Waals surface area contributed by atoms with Crippen molar-refractivity contribution < 1.29 is 4.79 Å². The summed E-state index contributed by atoms with van der Waals surface area (Å²) in [6.45, 7) is 6.13. The Balaban J connectivity index is 3.37. The first kappa shape index (κ1) is 10.4. The molecular weight excluding hydrogens is 136 g/mol. The molecular formula is C10H18O. The maximum absolute atomic E-state index is 11.1. The van der Waals surface area contributed by atoms with Gasteiger partial charge in [0.25, 0.3) is 0 Å². The summed E-state index contributed by atoms with van der Waals surface area (Å²) in [6.07, 6.45) is 6.38. The average Bonchev–Trinajstić information content (AvgIpc) is 1.86. The molecule has 0 aromatic rings. The first-order chi connectivity index (χ1) is 5.16. The minimum Gasteiger partial charge on any atom is -0.300 e. The molecule has 0 atom stereocenters. The van der Waals surface area contributed by atoms with Crippen molar-refractivity contribution in [2.24, 2.45) is 5.92 Å². The second kappa shape index (κ2) is 6.14. The van der Waals surface area contributed by atoms with Crippen LogP contribution in [-0.4, -0.2) is 5.78 Å². The van der Waals surface area contributed by atoms with Crippen molar-refractivity contribution in [3.63, 3.8) is 0 Å². The van der Waals surface area contributed by atoms with Gasteiger partial charge in [-0.15, -0.1) is 0 Å². The lowest BCUT2D eigenvalue weighted by Gasteiger charge is -2.00. The van der Waals surface area contributed by atoms with Gasteiger partial charge < -0.3 is 0 Å². The first-order valence-electron chi connectivity index (χ1n) is 4.29. The van der Waals surface area contributed by atoms with Crippen LogP contribution >= 0.6 is 0 Å². The van der Waals surface area contributed by atoms with E-state index in [0.29, 0.717) is 18.1 Å². The molecule has 64 valence electrons. The van der Waals surface area contributed by atoms with E-state index < -0.39 is 0 Å². The zero-order valence-corrected chi connectivity index (χ0v) is 7.76. The van der Waals surface area contributed by atoms with E-state index in [-0.39, 0.29) is 0 Å². The van der Waals surface area contributed by atoms with E-state index in [2.05, 4.69) is 13.8 Å². The monoisotopic (exact) mass is 154 g/mol. The highest BCUT2D eigenvalue weighted by Crippen LogP contribution is 2.04. The number of carbonyl (C=O) groups excluding carboxylic acids is 1. The Labute approximate surface area is 69.5 Å². The SMILES string of the molecule is CC=CCCC(=O)CC(C)C. The quantitative estimate of drug-likeness (QED) is 0.556. The van der Waals surface area contributed by atoms with Crippen molar-refractivity contribution in [2.45, 2.75) is 40.0 Å². The van der Waals surface area contributed by atoms with Gasteiger partial charge >= 0.3 is 0 Å². The number of hydrogen-bond donors (Lipinski definition) is 0. The molecule has 0 saturated heterocycles. The van der Waals surface area contributed by atoms with Crippen molar-refractivity contribution >= 4 is 5.78 Å². The lowest BCUT2D eigenvalue weighted by molar-refractivity contribution is -0.119. The Morgan fingerprint density at radius 3 is 2.55 bits per heavy atom. The smallest absolute Gasteiger partial charge is 0.133 e. The predicted molar refractivity (Wildman–Crippen MR) is 48.5 cm³/mol. The van der Waals surface area contributed by atoms with Crippen LogP contribution in [0, 0.1) is 5.92 Å². The van der Waals surface area contributed by atoms with Gasteiger partial charge in [0.2, 0.25) is 0 Å². The lowest BCUT2D eigenvalue weighted by atomic mass is 10.0. The molecule has 0 N–H and O–H groups in total. The van der Waals surface area contributed by atoms with Gasteiger partial charge in [-0.1, -0.05) is 26.0 Å². The van der Waals surface area contributed by atoms with E-state index in [1.807, 2.05) is 19.1 Å². The van der Waals surface area contributed by atoms with Gasteiger partial charge in [0.15, 0.2) is 0 Å². The Morgan fingerprint density at radius 2 is 2.09 bits per heavy atom. The number of rotatable bonds is 5. The van der Waals surface area contributed by atoms with Crippen LogP contribution in [0.3, 0.4) is 0 Å². The molecule has 0 aliphatic rings. The predicted octanol–water partition coefficient (Wildman–Crippen LogP) is 2.96. The van der Waals surface area contributed by atoms with E-state index in [4.69, 9.17) is 0 Å². The van der Waals surface area contributed by atoms with Crippen molar-refractivity contribution in [1.82, 2.24) is 0 Å². The summed E-state index contributed by atoms with van der Waals surface area (Å²) in [5.41, 5.74) is 0. The first-order valence-corrected chi connectivity index (χ1v) is 4.29. The molecule has 0 aliphatic heterocycles. The molecule has 0 aromatic carbocycles. The molecule has 0 heterocycles. The number of Topliss-reactive ketones (excluding diaryl/α,β-unsaturated/α-hetero) is 1. The summed E-state index contributed by atoms with van der Waals surface area (Å²) in [5.74, 6) is 0.895. The highest BCUT2D eigenvalue weighted by molar-refractivity contribution is 5.78. The van der Waals surface area contributed by atoms with Crippen molar-refractivity contribution in [3.05, 3.63) is 12.2 Å². The maximum Gasteiger partial charge on any atom is 0.133 e. The molecule has 0 fully saturated rings. The molecule has 1 heteroatoms. The van der Waals surface area contributed by atoms with Crippen LogP contribution in [0.1, 0.15) is 40.0 Å². The lowest BCUT2D eigenvalue weighted by Crippen LogP contribution is -2.01. The van der Waals surface area contributed by atoms with Crippen LogP contribution in [0.2, 0.25) is 0 Å². The topological polar surface area (TPSA) is 17.1 Å². The molecule has 1 nitrogen and oxygen atoms in total. The zero-order valence-electron chi connectivity index (χ0n) is 7.76. The Bertz CT molecular complexity index is 134. The Hall–Kier alpha value is -0.590. The average molecular weight is 154 g/mol. The van der Waals surface area contributed by atoms with Gasteiger partial charge in [-0.2, -0.15) is 0 Å². The summed E-state index contributed by atoms with van der Waals surface area (Å²) in [6, 6.07) is 0. The van der Waals surface area contributed by atoms with E-state index in [1.54, 1.807) is 0 Å². The fourth-order valence-corrected chi connectivity index (χ4v) is 0.968. The number of carbonyl (C=O) groups is 1. The van der Waals surface area contributed by atoms with Gasteiger partial charge in [0, 0.05) is 12.8 Å². The normalized spacial score (nSPS) is 11.3. The molecule has 0 radical (unpaired) electrons. The van der Waals surface area contributed by atoms with Gasteiger partial charge in [0.1, 0.15) is 5.78 Å². The standard InChI is InChI=1S/C10H18O/c1-4-5-6-7-10(11)8-9(2)3/h4-5,9H,6-8H2,1-3H3. The molecule has 0 spiro atoms. The van der Waals surface area contributed by atoms with Crippen molar-refractivity contribution in [2.75, 3.05) is 0 Å². The van der Waals surface area contributed by atoms with Crippen LogP contribution < -0.4 is 0 Å². The summed E-state index contributed by atoms with van der Waals surface area (Å²) in [4.78, 5) is 11.1. The summed E-state index contributed by atoms with van der Waals surface area (Å²) in [5, 5.41) is 0. The fraction of sp³-hybridized carbons (Fsp3) is 0.700. The Morgan fingerprint density at radius 1 is 1.45 bits per heavy atom. The van der Waals surface area contributed by atoms with Crippen LogP contribution in [0.15, 0.2) is 12.2 Å². The highest BCUT2D eigenvalue weighted by atomic mass is 16.1. The summed E-state index contributed by atoms with van der Waals surface area (Å²) < 4.78 is 0. The molecule has 0 rings (SSSR count). The minimum absolute atomic E-state index is 0.387. The molecule has 0 aliphatic carbocycles. The fourth-order valence-electron chi connectivity index (χ4n) is 0.968. The molecule has 11 heavy (non-hydrogen) atoms. The second-order valence-electron chi connectivity index (χ2n) is 3.24. The van der Waals surface area contributed by atoms with Gasteiger partial charge in [-0.25, -0.2) is 0 Å². The summed E-state index contributed by atoms with van der Waals surface area (Å²) in [7, 11) is 0. The van der Waals surface area contributed by atoms with Gasteiger partial charge in [0.05, 0.1) is 0 Å². The zero-order chi connectivity index (χ0) is 8.69. The van der Waals surface area contributed by atoms with E-state index in [1.165, 1.54) is 0 Å². The van der Waals surface area contributed by atoms with Crippen LogP contribution in [0.5, 0.6) is 0 Å². The Kier molecular flexibility index (Phi) is 5.81. The van der Waals surface area contributed by atoms with Crippen LogP contribution in [0.4, 0.5) is 0 Å². The van der Waals surface area contributed by atoms with E-state index in [0.717, 1.165) is 12.8 Å². The molecule has 0 aromatic heterocycles. The van der Waals surface area contributed by atoms with Crippen LogP contribution in [0.25, 0.3) is 0 Å². The number of allylic oxidation sites excluding steroid dienone is 2. The molecule has 0 bridgehead atoms. The van der Waals surface area contributed by atoms with E-state index >= 15 is 0 Å². The summed E-state index contributed by atoms with van der Waals surface area (Å²) >= 11 is 0.